The van der Waals surface area contributed by atoms with Crippen molar-refractivity contribution in [3.05, 3.63) is 65.2 Å². The fourth-order valence-electron chi connectivity index (χ4n) is 3.66. The van der Waals surface area contributed by atoms with Gasteiger partial charge >= 0.3 is 0 Å². The van der Waals surface area contributed by atoms with Crippen molar-refractivity contribution in [3.63, 3.8) is 0 Å². The predicted molar refractivity (Wildman–Crippen MR) is 124 cm³/mol. The van der Waals surface area contributed by atoms with Crippen LogP contribution >= 0.6 is 0 Å². The second-order valence-electron chi connectivity index (χ2n) is 8.32. The number of sulfonamides is 1. The number of hydrogen-bond acceptors (Lipinski definition) is 5. The normalized spacial score (nSPS) is 16.1. The highest BCUT2D eigenvalue weighted by Gasteiger charge is 2.43. The van der Waals surface area contributed by atoms with Crippen LogP contribution < -0.4 is 5.32 Å². The number of amides is 3. The maximum absolute atomic E-state index is 13.4. The number of benzene rings is 2. The van der Waals surface area contributed by atoms with E-state index >= 15 is 0 Å². The Morgan fingerprint density at radius 2 is 1.79 bits per heavy atom. The van der Waals surface area contributed by atoms with E-state index in [4.69, 9.17) is 0 Å². The molecule has 1 N–H and O–H groups in total. The van der Waals surface area contributed by atoms with Crippen LogP contribution in [0.1, 0.15) is 48.7 Å². The molecule has 0 spiro atoms. The van der Waals surface area contributed by atoms with Gasteiger partial charge < -0.3 is 10.2 Å². The molecule has 8 nitrogen and oxygen atoms in total. The van der Waals surface area contributed by atoms with Gasteiger partial charge in [0.2, 0.25) is 11.8 Å². The molecular formula is C24H29N3O5S. The highest BCUT2D eigenvalue weighted by atomic mass is 32.2. The van der Waals surface area contributed by atoms with Gasteiger partial charge in [0.25, 0.3) is 15.9 Å². The molecule has 1 aliphatic heterocycles. The number of fused-ring (bicyclic) bond motifs is 1. The Morgan fingerprint density at radius 3 is 2.42 bits per heavy atom. The van der Waals surface area contributed by atoms with Crippen LogP contribution in [-0.2, 0) is 26.2 Å². The number of carbonyl (C=O) groups is 3. The Bertz CT molecular complexity index is 1180. The van der Waals surface area contributed by atoms with Gasteiger partial charge in [0.1, 0.15) is 17.5 Å². The molecule has 2 aromatic rings. The van der Waals surface area contributed by atoms with Gasteiger partial charge in [-0.15, -0.1) is 0 Å². The van der Waals surface area contributed by atoms with Crippen molar-refractivity contribution >= 4 is 27.7 Å². The topological polar surface area (TPSA) is 104 Å². The molecule has 2 atom stereocenters. The van der Waals surface area contributed by atoms with E-state index in [-0.39, 0.29) is 29.0 Å². The monoisotopic (exact) mass is 471 g/mol. The maximum Gasteiger partial charge on any atom is 0.269 e. The van der Waals surface area contributed by atoms with Crippen LogP contribution in [0.3, 0.4) is 0 Å². The summed E-state index contributed by atoms with van der Waals surface area (Å²) in [6.07, 6.45) is 0.725. The molecule has 33 heavy (non-hydrogen) atoms. The maximum atomic E-state index is 13.4. The molecule has 0 saturated carbocycles. The number of nitrogens with one attached hydrogen (secondary N) is 1. The lowest BCUT2D eigenvalue weighted by atomic mass is 10.1. The zero-order chi connectivity index (χ0) is 24.3. The average Bonchev–Trinajstić information content (AvgIpc) is 2.97. The zero-order valence-electron chi connectivity index (χ0n) is 19.2. The quantitative estimate of drug-likeness (QED) is 0.637. The summed E-state index contributed by atoms with van der Waals surface area (Å²) in [5.41, 5.74) is 1.83. The fourth-order valence-corrected chi connectivity index (χ4v) is 5.17. The fraction of sp³-hybridized carbons (Fsp3) is 0.375. The van der Waals surface area contributed by atoms with Gasteiger partial charge in [-0.2, -0.15) is 0 Å². The Labute approximate surface area is 194 Å². The van der Waals surface area contributed by atoms with Gasteiger partial charge in [0, 0.05) is 12.6 Å². The van der Waals surface area contributed by atoms with E-state index in [1.54, 1.807) is 13.0 Å². The van der Waals surface area contributed by atoms with E-state index in [0.29, 0.717) is 4.31 Å². The van der Waals surface area contributed by atoms with Crippen molar-refractivity contribution in [3.8, 4) is 0 Å². The third kappa shape index (κ3) is 5.08. The van der Waals surface area contributed by atoms with Crippen LogP contribution in [0, 0.1) is 6.92 Å². The Balaban J connectivity index is 1.89. The molecule has 0 bridgehead atoms. The minimum absolute atomic E-state index is 0.0399. The third-order valence-electron chi connectivity index (χ3n) is 5.79. The molecule has 3 rings (SSSR count). The van der Waals surface area contributed by atoms with Crippen molar-refractivity contribution in [2.45, 2.75) is 57.6 Å². The minimum Gasteiger partial charge on any atom is -0.352 e. The summed E-state index contributed by atoms with van der Waals surface area (Å²) in [5, 5.41) is 2.86. The van der Waals surface area contributed by atoms with E-state index in [9.17, 15) is 22.8 Å². The number of carbonyl (C=O) groups excluding carboxylic acids is 3. The smallest absolute Gasteiger partial charge is 0.269 e. The standard InChI is InChI=1S/C24H29N3O5S/c1-5-17(3)25-23(29)18(4)26(14-19-10-8-9-16(2)13-19)22(28)15-27-24(30)20-11-6-7-12-21(20)33(27,31)32/h6-13,17-18H,5,14-15H2,1-4H3,(H,25,29)/t17-,18+/m1/s1. The lowest BCUT2D eigenvalue weighted by Crippen LogP contribution is -2.52. The average molecular weight is 472 g/mol. The van der Waals surface area contributed by atoms with E-state index < -0.39 is 34.4 Å². The SMILES string of the molecule is CC[C@@H](C)NC(=O)[C@H](C)N(Cc1cccc(C)c1)C(=O)CN1C(=O)c2ccccc2S1(=O)=O. The molecule has 0 aliphatic carbocycles. The molecule has 0 saturated heterocycles. The summed E-state index contributed by atoms with van der Waals surface area (Å²) in [6.45, 7) is 6.74. The van der Waals surface area contributed by atoms with Gasteiger partial charge in [0.15, 0.2) is 0 Å². The second kappa shape index (κ2) is 9.74. The molecular weight excluding hydrogens is 442 g/mol. The molecule has 1 heterocycles. The molecule has 0 unspecified atom stereocenters. The number of hydrogen-bond donors (Lipinski definition) is 1. The molecule has 0 radical (unpaired) electrons. The Kier molecular flexibility index (Phi) is 7.22. The van der Waals surface area contributed by atoms with E-state index in [2.05, 4.69) is 5.32 Å². The van der Waals surface area contributed by atoms with Crippen LogP contribution in [0.5, 0.6) is 0 Å². The second-order valence-corrected chi connectivity index (χ2v) is 10.1. The molecule has 0 fully saturated rings. The highest BCUT2D eigenvalue weighted by molar-refractivity contribution is 7.90. The first kappa shape index (κ1) is 24.4. The Morgan fingerprint density at radius 1 is 1.09 bits per heavy atom. The molecule has 3 amide bonds. The summed E-state index contributed by atoms with van der Waals surface area (Å²) >= 11 is 0. The molecule has 2 aromatic carbocycles. The minimum atomic E-state index is -4.14. The van der Waals surface area contributed by atoms with Gasteiger partial charge in [0.05, 0.1) is 5.56 Å². The molecule has 1 aliphatic rings. The Hall–Kier alpha value is -3.20. The summed E-state index contributed by atoms with van der Waals surface area (Å²) in [5.74, 6) is -1.72. The van der Waals surface area contributed by atoms with E-state index in [1.165, 1.54) is 23.1 Å². The first-order valence-corrected chi connectivity index (χ1v) is 12.3. The summed E-state index contributed by atoms with van der Waals surface area (Å²) < 4.78 is 26.4. The third-order valence-corrected chi connectivity index (χ3v) is 7.58. The van der Waals surface area contributed by atoms with Gasteiger partial charge in [-0.1, -0.05) is 48.9 Å². The van der Waals surface area contributed by atoms with Crippen LogP contribution in [0.15, 0.2) is 53.4 Å². The van der Waals surface area contributed by atoms with Crippen LogP contribution in [-0.4, -0.2) is 54.0 Å². The number of aryl methyl sites for hydroxylation is 1. The van der Waals surface area contributed by atoms with Gasteiger partial charge in [-0.3, -0.25) is 14.4 Å². The van der Waals surface area contributed by atoms with Crippen molar-refractivity contribution in [2.24, 2.45) is 0 Å². The summed E-state index contributed by atoms with van der Waals surface area (Å²) in [4.78, 5) is 40.1. The molecule has 9 heteroatoms. The first-order valence-electron chi connectivity index (χ1n) is 10.9. The van der Waals surface area contributed by atoms with Crippen LogP contribution in [0.25, 0.3) is 0 Å². The van der Waals surface area contributed by atoms with Crippen molar-refractivity contribution < 1.29 is 22.8 Å². The van der Waals surface area contributed by atoms with E-state index in [0.717, 1.165) is 17.5 Å². The largest absolute Gasteiger partial charge is 0.352 e. The van der Waals surface area contributed by atoms with Crippen LogP contribution in [0.4, 0.5) is 0 Å². The number of rotatable bonds is 8. The number of nitrogens with zero attached hydrogens (tertiary/aromatic N) is 2. The van der Waals surface area contributed by atoms with E-state index in [1.807, 2.05) is 45.0 Å². The summed E-state index contributed by atoms with van der Waals surface area (Å²) in [7, 11) is -4.14. The lowest BCUT2D eigenvalue weighted by molar-refractivity contribution is -0.140. The van der Waals surface area contributed by atoms with Crippen molar-refractivity contribution in [1.82, 2.24) is 14.5 Å². The van der Waals surface area contributed by atoms with Crippen molar-refractivity contribution in [2.75, 3.05) is 6.54 Å². The summed E-state index contributed by atoms with van der Waals surface area (Å²) in [6, 6.07) is 12.4. The van der Waals surface area contributed by atoms with Gasteiger partial charge in [-0.25, -0.2) is 12.7 Å². The predicted octanol–water partition coefficient (Wildman–Crippen LogP) is 2.47. The molecule has 0 aromatic heterocycles. The van der Waals surface area contributed by atoms with Crippen LogP contribution in [0.2, 0.25) is 0 Å². The molecule has 176 valence electrons. The zero-order valence-corrected chi connectivity index (χ0v) is 20.1. The van der Waals surface area contributed by atoms with Gasteiger partial charge in [-0.05, 0) is 44.9 Å². The van der Waals surface area contributed by atoms with Crippen molar-refractivity contribution in [1.29, 1.82) is 0 Å². The highest BCUT2D eigenvalue weighted by Crippen LogP contribution is 2.30. The lowest BCUT2D eigenvalue weighted by Gasteiger charge is -2.31. The first-order chi connectivity index (χ1) is 15.6.